The number of benzene rings is 1. The van der Waals surface area contributed by atoms with Crippen LogP contribution in [0.1, 0.15) is 12.8 Å². The maximum Gasteiger partial charge on any atom is 0.242 e. The molecule has 7 heteroatoms. The van der Waals surface area contributed by atoms with Gasteiger partial charge in [-0.1, -0.05) is 0 Å². The number of piperidine rings is 1. The number of fused-ring (bicyclic) bond motifs is 1. The minimum Gasteiger partial charge on any atom is -0.399 e. The van der Waals surface area contributed by atoms with E-state index in [9.17, 15) is 8.42 Å². The summed E-state index contributed by atoms with van der Waals surface area (Å²) in [5.74, 6) is 0. The second-order valence-corrected chi connectivity index (χ2v) is 7.36. The molecule has 1 atom stereocenters. The zero-order chi connectivity index (χ0) is 15.0. The molecule has 1 saturated heterocycles. The van der Waals surface area contributed by atoms with Gasteiger partial charge in [0.25, 0.3) is 0 Å². The summed E-state index contributed by atoms with van der Waals surface area (Å²) in [5.41, 5.74) is 7.06. The Balaban J connectivity index is 1.89. The minimum absolute atomic E-state index is 0.0347. The van der Waals surface area contributed by atoms with Crippen LogP contribution in [0.3, 0.4) is 0 Å². The van der Waals surface area contributed by atoms with Crippen LogP contribution in [0.25, 0.3) is 10.9 Å². The molecule has 6 nitrogen and oxygen atoms in total. The lowest BCUT2D eigenvalue weighted by molar-refractivity contribution is 0.242. The highest BCUT2D eigenvalue weighted by molar-refractivity contribution is 7.89. The predicted octanol–water partition coefficient (Wildman–Crippen LogP) is 1.12. The van der Waals surface area contributed by atoms with Crippen LogP contribution in [-0.2, 0) is 10.0 Å². The van der Waals surface area contributed by atoms with Gasteiger partial charge in [0, 0.05) is 35.4 Å². The first-order valence-electron chi connectivity index (χ1n) is 7.03. The van der Waals surface area contributed by atoms with E-state index in [1.165, 1.54) is 6.20 Å². The number of likely N-dealkylation sites (N-methyl/N-ethyl adjacent to an activating group) is 1. The predicted molar refractivity (Wildman–Crippen MR) is 83.6 cm³/mol. The Morgan fingerprint density at radius 2 is 2.24 bits per heavy atom. The fraction of sp³-hybridized carbons (Fsp3) is 0.429. The van der Waals surface area contributed by atoms with Gasteiger partial charge in [-0.3, -0.25) is 0 Å². The van der Waals surface area contributed by atoms with Crippen molar-refractivity contribution in [3.05, 3.63) is 24.4 Å². The third-order valence-electron chi connectivity index (χ3n) is 3.90. The summed E-state index contributed by atoms with van der Waals surface area (Å²) in [6.07, 6.45) is 3.41. The number of nitrogens with zero attached hydrogens (tertiary/aromatic N) is 1. The summed E-state index contributed by atoms with van der Waals surface area (Å²) in [7, 11) is -1.52. The lowest BCUT2D eigenvalue weighted by Gasteiger charge is -2.29. The molecule has 1 aromatic carbocycles. The number of hydrogen-bond donors (Lipinski definition) is 3. The number of sulfonamides is 1. The number of nitrogens with two attached hydrogens (primary N) is 1. The van der Waals surface area contributed by atoms with Gasteiger partial charge in [0.1, 0.15) is 4.90 Å². The highest BCUT2D eigenvalue weighted by atomic mass is 32.2. The quantitative estimate of drug-likeness (QED) is 0.741. The number of nitrogen functional groups attached to an aromatic ring is 1. The number of nitrogens with one attached hydrogen (secondary N) is 2. The maximum atomic E-state index is 12.6. The molecule has 114 valence electrons. The molecular formula is C14H20N4O2S. The van der Waals surface area contributed by atoms with Crippen molar-refractivity contribution in [2.75, 3.05) is 25.9 Å². The van der Waals surface area contributed by atoms with E-state index in [1.807, 2.05) is 7.05 Å². The Morgan fingerprint density at radius 1 is 1.43 bits per heavy atom. The fourth-order valence-electron chi connectivity index (χ4n) is 2.89. The standard InChI is InChI=1S/C14H20N4O2S/c1-18-6-2-3-11(9-18)17-21(19,20)14-8-16-13-7-10(15)4-5-12(13)14/h4-5,7-8,11,16-17H,2-3,6,9,15H2,1H3. The molecule has 1 aliphatic rings. The molecule has 0 bridgehead atoms. The molecule has 0 spiro atoms. The first-order chi connectivity index (χ1) is 9.95. The van der Waals surface area contributed by atoms with Crippen LogP contribution in [0.5, 0.6) is 0 Å². The van der Waals surface area contributed by atoms with Crippen LogP contribution in [-0.4, -0.2) is 44.5 Å². The van der Waals surface area contributed by atoms with Gasteiger partial charge < -0.3 is 15.6 Å². The SMILES string of the molecule is CN1CCCC(NS(=O)(=O)c2c[nH]c3cc(N)ccc23)C1. The van der Waals surface area contributed by atoms with Crippen molar-refractivity contribution >= 4 is 26.6 Å². The third kappa shape index (κ3) is 2.90. The Labute approximate surface area is 124 Å². The molecule has 0 radical (unpaired) electrons. The lowest BCUT2D eigenvalue weighted by atomic mass is 10.1. The van der Waals surface area contributed by atoms with E-state index in [4.69, 9.17) is 5.73 Å². The topological polar surface area (TPSA) is 91.2 Å². The van der Waals surface area contributed by atoms with Crippen LogP contribution in [0.15, 0.2) is 29.3 Å². The summed E-state index contributed by atoms with van der Waals surface area (Å²) in [4.78, 5) is 5.40. The molecule has 3 rings (SSSR count). The van der Waals surface area contributed by atoms with Gasteiger partial charge in [0.2, 0.25) is 10.0 Å². The fourth-order valence-corrected chi connectivity index (χ4v) is 4.32. The highest BCUT2D eigenvalue weighted by Crippen LogP contribution is 2.25. The monoisotopic (exact) mass is 308 g/mol. The zero-order valence-electron chi connectivity index (χ0n) is 12.0. The number of anilines is 1. The first-order valence-corrected chi connectivity index (χ1v) is 8.51. The molecule has 0 amide bonds. The number of aromatic nitrogens is 1. The van der Waals surface area contributed by atoms with Crippen LogP contribution >= 0.6 is 0 Å². The molecular weight excluding hydrogens is 288 g/mol. The average molecular weight is 308 g/mol. The van der Waals surface area contributed by atoms with E-state index in [-0.39, 0.29) is 10.9 Å². The molecule has 2 heterocycles. The van der Waals surface area contributed by atoms with Crippen molar-refractivity contribution < 1.29 is 8.42 Å². The van der Waals surface area contributed by atoms with Gasteiger partial charge in [0.15, 0.2) is 0 Å². The Morgan fingerprint density at radius 3 is 3.00 bits per heavy atom. The van der Waals surface area contributed by atoms with Gasteiger partial charge in [-0.25, -0.2) is 13.1 Å². The number of rotatable bonds is 3. The van der Waals surface area contributed by atoms with Crippen LogP contribution in [0.2, 0.25) is 0 Å². The van der Waals surface area contributed by atoms with E-state index >= 15 is 0 Å². The smallest absolute Gasteiger partial charge is 0.242 e. The average Bonchev–Trinajstić information content (AvgIpc) is 2.81. The van der Waals surface area contributed by atoms with Crippen molar-refractivity contribution in [3.8, 4) is 0 Å². The number of H-pyrrole nitrogens is 1. The van der Waals surface area contributed by atoms with E-state index in [1.54, 1.807) is 18.2 Å². The first kappa shape index (κ1) is 14.4. The molecule has 1 aromatic heterocycles. The Kier molecular flexibility index (Phi) is 3.64. The summed E-state index contributed by atoms with van der Waals surface area (Å²) in [5, 5.41) is 0.667. The van der Waals surface area contributed by atoms with Crippen molar-refractivity contribution in [1.82, 2.24) is 14.6 Å². The summed E-state index contributed by atoms with van der Waals surface area (Å²) in [6, 6.07) is 5.15. The van der Waals surface area contributed by atoms with Crippen LogP contribution < -0.4 is 10.5 Å². The number of hydrogen-bond acceptors (Lipinski definition) is 4. The van der Waals surface area contributed by atoms with Crippen LogP contribution in [0, 0.1) is 0 Å². The molecule has 21 heavy (non-hydrogen) atoms. The van der Waals surface area contributed by atoms with Crippen molar-refractivity contribution in [3.63, 3.8) is 0 Å². The van der Waals surface area contributed by atoms with Crippen molar-refractivity contribution in [2.45, 2.75) is 23.8 Å². The molecule has 1 aliphatic heterocycles. The summed E-state index contributed by atoms with van der Waals surface area (Å²) >= 11 is 0. The Hall–Kier alpha value is -1.57. The molecule has 0 aliphatic carbocycles. The largest absolute Gasteiger partial charge is 0.399 e. The minimum atomic E-state index is -3.53. The molecule has 4 N–H and O–H groups in total. The number of aromatic amines is 1. The van der Waals surface area contributed by atoms with Gasteiger partial charge in [-0.15, -0.1) is 0 Å². The molecule has 1 fully saturated rings. The second-order valence-electron chi connectivity index (χ2n) is 5.68. The van der Waals surface area contributed by atoms with Crippen molar-refractivity contribution in [2.24, 2.45) is 0 Å². The molecule has 0 saturated carbocycles. The van der Waals surface area contributed by atoms with Gasteiger partial charge in [-0.2, -0.15) is 0 Å². The molecule has 2 aromatic rings. The summed E-state index contributed by atoms with van der Waals surface area (Å²) in [6.45, 7) is 1.76. The third-order valence-corrected chi connectivity index (χ3v) is 5.46. The highest BCUT2D eigenvalue weighted by Gasteiger charge is 2.25. The Bertz CT molecular complexity index is 753. The van der Waals surface area contributed by atoms with E-state index < -0.39 is 10.0 Å². The lowest BCUT2D eigenvalue weighted by Crippen LogP contribution is -2.46. The van der Waals surface area contributed by atoms with Gasteiger partial charge in [-0.05, 0) is 44.6 Å². The normalized spacial score (nSPS) is 20.9. The number of likely N-dealkylation sites (tertiary alicyclic amines) is 1. The van der Waals surface area contributed by atoms with Gasteiger partial charge >= 0.3 is 0 Å². The second kappa shape index (κ2) is 5.32. The van der Waals surface area contributed by atoms with Crippen molar-refractivity contribution in [1.29, 1.82) is 0 Å². The summed E-state index contributed by atoms with van der Waals surface area (Å²) < 4.78 is 28.0. The molecule has 1 unspecified atom stereocenters. The maximum absolute atomic E-state index is 12.6. The zero-order valence-corrected chi connectivity index (χ0v) is 12.8. The van der Waals surface area contributed by atoms with E-state index in [0.29, 0.717) is 11.1 Å². The van der Waals surface area contributed by atoms with E-state index in [0.717, 1.165) is 31.4 Å². The van der Waals surface area contributed by atoms with E-state index in [2.05, 4.69) is 14.6 Å². The van der Waals surface area contributed by atoms with Gasteiger partial charge in [0.05, 0.1) is 0 Å². The van der Waals surface area contributed by atoms with Crippen LogP contribution in [0.4, 0.5) is 5.69 Å².